The fourth-order valence-corrected chi connectivity index (χ4v) is 4.03. The lowest BCUT2D eigenvalue weighted by molar-refractivity contribution is -0.130. The molecule has 2 aliphatic heterocycles. The Morgan fingerprint density at radius 3 is 2.70 bits per heavy atom. The molecule has 0 spiro atoms. The van der Waals surface area contributed by atoms with E-state index < -0.39 is 23.2 Å². The van der Waals surface area contributed by atoms with Gasteiger partial charge in [-0.15, -0.1) is 0 Å². The summed E-state index contributed by atoms with van der Waals surface area (Å²) in [7, 11) is 0. The molecule has 0 saturated carbocycles. The molecule has 1 aromatic heterocycles. The van der Waals surface area contributed by atoms with Crippen molar-refractivity contribution < 1.29 is 18.7 Å². The summed E-state index contributed by atoms with van der Waals surface area (Å²) in [5.74, 6) is -0.986. The summed E-state index contributed by atoms with van der Waals surface area (Å²) < 4.78 is 22.5. The zero-order chi connectivity index (χ0) is 23.6. The molecule has 0 saturated heterocycles. The van der Waals surface area contributed by atoms with Crippen molar-refractivity contribution in [3.63, 3.8) is 0 Å². The van der Waals surface area contributed by atoms with Crippen LogP contribution in [0.25, 0.3) is 5.57 Å². The molecule has 0 radical (unpaired) electrons. The van der Waals surface area contributed by atoms with E-state index in [1.165, 1.54) is 6.07 Å². The third kappa shape index (κ3) is 4.37. The number of carbonyl (C=O) groups is 2. The molecule has 4 rings (SSSR count). The number of carbonyl (C=O) groups excluding carboxylic acids is 2. The first-order chi connectivity index (χ1) is 15.9. The van der Waals surface area contributed by atoms with Crippen molar-refractivity contribution in [2.75, 3.05) is 13.2 Å². The van der Waals surface area contributed by atoms with Gasteiger partial charge in [-0.1, -0.05) is 24.6 Å². The molecular formula is C23H27FN6O3. The Labute approximate surface area is 191 Å². The number of amides is 2. The van der Waals surface area contributed by atoms with Crippen LogP contribution in [0.15, 0.2) is 46.5 Å². The standard InChI is InChI=1S/C23H27FN6O3/c1-4-6-11-33-15-7-8-17(18(24)12-15)23(3)13-16(19-9-10-29(5-2)27-19)21(22(32)26-23)30-20(31)14-25-28-30/h7-10,12H,4-6,11,13-14H2,1-3H3,(H,26,32)/t23-/m0/s1. The smallest absolute Gasteiger partial charge is 0.272 e. The van der Waals surface area contributed by atoms with Gasteiger partial charge in [-0.05, 0) is 32.4 Å². The summed E-state index contributed by atoms with van der Waals surface area (Å²) in [5, 5.41) is 16.0. The lowest BCUT2D eigenvalue weighted by atomic mass is 9.80. The van der Waals surface area contributed by atoms with Gasteiger partial charge in [-0.25, -0.2) is 4.39 Å². The first-order valence-electron chi connectivity index (χ1n) is 11.1. The predicted molar refractivity (Wildman–Crippen MR) is 118 cm³/mol. The van der Waals surface area contributed by atoms with E-state index in [1.54, 1.807) is 36.0 Å². The minimum absolute atomic E-state index is 0.0694. The van der Waals surface area contributed by atoms with E-state index in [1.807, 2.05) is 6.92 Å². The van der Waals surface area contributed by atoms with Crippen LogP contribution in [0.2, 0.25) is 0 Å². The van der Waals surface area contributed by atoms with Crippen LogP contribution in [0.3, 0.4) is 0 Å². The zero-order valence-corrected chi connectivity index (χ0v) is 19.0. The van der Waals surface area contributed by atoms with E-state index in [0.717, 1.165) is 17.9 Å². The van der Waals surface area contributed by atoms with Crippen LogP contribution in [-0.4, -0.2) is 39.8 Å². The predicted octanol–water partition coefficient (Wildman–Crippen LogP) is 3.58. The van der Waals surface area contributed by atoms with Crippen molar-refractivity contribution in [1.82, 2.24) is 20.1 Å². The fraction of sp³-hybridized carbons (Fsp3) is 0.435. The summed E-state index contributed by atoms with van der Waals surface area (Å²) in [5.41, 5.74) is 0.352. The number of aromatic nitrogens is 2. The summed E-state index contributed by atoms with van der Waals surface area (Å²) >= 11 is 0. The largest absolute Gasteiger partial charge is 0.493 e. The van der Waals surface area contributed by atoms with Gasteiger partial charge in [0, 0.05) is 36.4 Å². The van der Waals surface area contributed by atoms with Crippen molar-refractivity contribution in [3.05, 3.63) is 53.2 Å². The van der Waals surface area contributed by atoms with Crippen LogP contribution in [0.4, 0.5) is 4.39 Å². The molecule has 0 fully saturated rings. The third-order valence-electron chi connectivity index (χ3n) is 5.80. The van der Waals surface area contributed by atoms with Crippen molar-refractivity contribution in [2.24, 2.45) is 10.3 Å². The molecule has 9 nitrogen and oxygen atoms in total. The molecule has 10 heteroatoms. The van der Waals surface area contributed by atoms with Gasteiger partial charge in [-0.3, -0.25) is 14.3 Å². The highest BCUT2D eigenvalue weighted by molar-refractivity contribution is 6.06. The Balaban J connectivity index is 1.74. The van der Waals surface area contributed by atoms with Gasteiger partial charge >= 0.3 is 0 Å². The Hall–Kier alpha value is -3.56. The van der Waals surface area contributed by atoms with E-state index >= 15 is 4.39 Å². The summed E-state index contributed by atoms with van der Waals surface area (Å²) in [6.45, 7) is 6.78. The summed E-state index contributed by atoms with van der Waals surface area (Å²) in [6.07, 6.45) is 3.86. The molecule has 1 atom stereocenters. The number of ether oxygens (including phenoxy) is 1. The molecule has 1 N–H and O–H groups in total. The highest BCUT2D eigenvalue weighted by atomic mass is 19.1. The summed E-state index contributed by atoms with van der Waals surface area (Å²) in [6, 6.07) is 6.45. The maximum atomic E-state index is 15.2. The Morgan fingerprint density at radius 2 is 2.06 bits per heavy atom. The SMILES string of the molecule is CCCCOc1ccc([C@]2(C)CC(c3ccn(CC)n3)=C(N3N=NCC3=O)C(=O)N2)c(F)c1. The third-order valence-corrected chi connectivity index (χ3v) is 5.80. The van der Waals surface area contributed by atoms with Crippen LogP contribution in [0.5, 0.6) is 5.75 Å². The Bertz CT molecular complexity index is 1140. The molecule has 2 aromatic rings. The van der Waals surface area contributed by atoms with Crippen molar-refractivity contribution in [3.8, 4) is 5.75 Å². The number of nitrogens with zero attached hydrogens (tertiary/aromatic N) is 5. The molecule has 33 heavy (non-hydrogen) atoms. The van der Waals surface area contributed by atoms with Crippen molar-refractivity contribution >= 4 is 17.4 Å². The number of hydrogen-bond acceptors (Lipinski definition) is 6. The Morgan fingerprint density at radius 1 is 1.24 bits per heavy atom. The fourth-order valence-electron chi connectivity index (χ4n) is 4.03. The first-order valence-corrected chi connectivity index (χ1v) is 11.1. The molecule has 3 heterocycles. The van der Waals surface area contributed by atoms with Gasteiger partial charge < -0.3 is 10.1 Å². The Kier molecular flexibility index (Phi) is 6.26. The van der Waals surface area contributed by atoms with Gasteiger partial charge in [-0.2, -0.15) is 15.2 Å². The number of nitrogens with one attached hydrogen (secondary N) is 1. The van der Waals surface area contributed by atoms with Gasteiger partial charge in [0.05, 0.1) is 17.8 Å². The average molecular weight is 455 g/mol. The second kappa shape index (κ2) is 9.13. The molecular weight excluding hydrogens is 427 g/mol. The quantitative estimate of drug-likeness (QED) is 0.616. The molecule has 174 valence electrons. The molecule has 2 aliphatic rings. The van der Waals surface area contributed by atoms with Crippen molar-refractivity contribution in [2.45, 2.75) is 52.1 Å². The minimum atomic E-state index is -1.07. The average Bonchev–Trinajstić information content (AvgIpc) is 3.42. The maximum absolute atomic E-state index is 15.2. The van der Waals surface area contributed by atoms with E-state index in [9.17, 15) is 9.59 Å². The zero-order valence-electron chi connectivity index (χ0n) is 19.0. The minimum Gasteiger partial charge on any atom is -0.493 e. The van der Waals surface area contributed by atoms with Crippen LogP contribution in [-0.2, 0) is 21.7 Å². The van der Waals surface area contributed by atoms with E-state index in [-0.39, 0.29) is 18.7 Å². The lowest BCUT2D eigenvalue weighted by Crippen LogP contribution is -2.51. The highest BCUT2D eigenvalue weighted by Crippen LogP contribution is 2.40. The van der Waals surface area contributed by atoms with Gasteiger partial charge in [0.2, 0.25) is 0 Å². The lowest BCUT2D eigenvalue weighted by Gasteiger charge is -2.38. The van der Waals surface area contributed by atoms with Crippen molar-refractivity contribution in [1.29, 1.82) is 0 Å². The van der Waals surface area contributed by atoms with Gasteiger partial charge in [0.15, 0.2) is 0 Å². The number of unbranched alkanes of at least 4 members (excludes halogenated alkanes) is 1. The number of benzene rings is 1. The van der Waals surface area contributed by atoms with Gasteiger partial charge in [0.25, 0.3) is 11.8 Å². The van der Waals surface area contributed by atoms with E-state index in [2.05, 4.69) is 27.7 Å². The van der Waals surface area contributed by atoms with Crippen LogP contribution < -0.4 is 10.1 Å². The first kappa shape index (κ1) is 22.6. The molecule has 2 amide bonds. The highest BCUT2D eigenvalue weighted by Gasteiger charge is 2.43. The molecule has 1 aromatic carbocycles. The maximum Gasteiger partial charge on any atom is 0.272 e. The second-order valence-electron chi connectivity index (χ2n) is 8.29. The monoisotopic (exact) mass is 454 g/mol. The normalized spacial score (nSPS) is 20.5. The molecule has 0 aliphatic carbocycles. The number of rotatable bonds is 8. The van der Waals surface area contributed by atoms with Crippen LogP contribution in [0, 0.1) is 5.82 Å². The molecule has 0 bridgehead atoms. The number of hydrogen-bond donors (Lipinski definition) is 1. The summed E-state index contributed by atoms with van der Waals surface area (Å²) in [4.78, 5) is 25.6. The van der Waals surface area contributed by atoms with Crippen LogP contribution >= 0.6 is 0 Å². The van der Waals surface area contributed by atoms with E-state index in [0.29, 0.717) is 35.7 Å². The van der Waals surface area contributed by atoms with E-state index in [4.69, 9.17) is 4.74 Å². The van der Waals surface area contributed by atoms with Crippen LogP contribution in [0.1, 0.15) is 51.3 Å². The number of halogens is 1. The topological polar surface area (TPSA) is 101 Å². The van der Waals surface area contributed by atoms with Gasteiger partial charge in [0.1, 0.15) is 23.8 Å². The number of aryl methyl sites for hydroxylation is 1. The second-order valence-corrected chi connectivity index (χ2v) is 8.29. The molecule has 0 unspecified atom stereocenters.